The number of carboxylic acid groups (broad SMARTS) is 1. The number of nitrogens with zero attached hydrogens (tertiary/aromatic N) is 1. The van der Waals surface area contributed by atoms with E-state index < -0.39 is 30.5 Å². The lowest BCUT2D eigenvalue weighted by Gasteiger charge is -2.17. The second-order valence-corrected chi connectivity index (χ2v) is 3.41. The smallest absolute Gasteiger partial charge is 0.471 e. The van der Waals surface area contributed by atoms with Crippen LogP contribution >= 0.6 is 0 Å². The highest BCUT2D eigenvalue weighted by atomic mass is 19.4. The molecule has 0 aliphatic carbocycles. The first-order chi connectivity index (χ1) is 8.30. The maximum absolute atomic E-state index is 12.1. The lowest BCUT2D eigenvalue weighted by Crippen LogP contribution is -2.39. The Morgan fingerprint density at radius 2 is 2.11 bits per heavy atom. The van der Waals surface area contributed by atoms with Crippen LogP contribution in [0.1, 0.15) is 18.0 Å². The second kappa shape index (κ2) is 5.48. The van der Waals surface area contributed by atoms with Gasteiger partial charge in [0.15, 0.2) is 0 Å². The molecule has 0 saturated heterocycles. The number of carboxylic acids is 1. The lowest BCUT2D eigenvalue weighted by molar-refractivity contribution is -0.174. The van der Waals surface area contributed by atoms with Gasteiger partial charge in [0.2, 0.25) is 0 Å². The average Bonchev–Trinajstić information content (AvgIpc) is 2.27. The van der Waals surface area contributed by atoms with E-state index in [1.807, 2.05) is 0 Å². The van der Waals surface area contributed by atoms with Gasteiger partial charge in [0, 0.05) is 12.4 Å². The molecule has 1 heterocycles. The van der Waals surface area contributed by atoms with Gasteiger partial charge in [-0.3, -0.25) is 14.6 Å². The predicted molar refractivity (Wildman–Crippen MR) is 53.4 cm³/mol. The van der Waals surface area contributed by atoms with Crippen LogP contribution in [0.3, 0.4) is 0 Å². The van der Waals surface area contributed by atoms with Crippen molar-refractivity contribution in [2.45, 2.75) is 18.6 Å². The number of halogens is 3. The molecule has 0 radical (unpaired) electrons. The van der Waals surface area contributed by atoms with Gasteiger partial charge in [0.25, 0.3) is 0 Å². The molecule has 5 nitrogen and oxygen atoms in total. The zero-order valence-corrected chi connectivity index (χ0v) is 8.94. The Labute approximate surface area is 99.6 Å². The third-order valence-corrected chi connectivity index (χ3v) is 2.03. The third kappa shape index (κ3) is 4.04. The van der Waals surface area contributed by atoms with Crippen LogP contribution in [0.5, 0.6) is 0 Å². The van der Waals surface area contributed by atoms with Gasteiger partial charge in [0.1, 0.15) is 0 Å². The summed E-state index contributed by atoms with van der Waals surface area (Å²) >= 11 is 0. The van der Waals surface area contributed by atoms with E-state index in [9.17, 15) is 22.8 Å². The molecule has 0 aliphatic rings. The summed E-state index contributed by atoms with van der Waals surface area (Å²) < 4.78 is 36.3. The Balaban J connectivity index is 2.87. The van der Waals surface area contributed by atoms with Crippen LogP contribution in [-0.2, 0) is 9.59 Å². The van der Waals surface area contributed by atoms with Crippen molar-refractivity contribution in [1.82, 2.24) is 10.3 Å². The van der Waals surface area contributed by atoms with Crippen molar-refractivity contribution in [3.8, 4) is 0 Å². The first kappa shape index (κ1) is 13.9. The van der Waals surface area contributed by atoms with Crippen molar-refractivity contribution in [2.24, 2.45) is 0 Å². The number of carbonyl (C=O) groups excluding carboxylic acids is 1. The standard InChI is InChI=1S/C10H9F3N2O3/c11-10(12,13)9(18)15-7(4-8(16)17)6-2-1-3-14-5-6/h1-3,5,7H,4H2,(H,15,18)(H,16,17)/t7-/m0/s1. The number of hydrogen-bond acceptors (Lipinski definition) is 3. The van der Waals surface area contributed by atoms with E-state index in [1.165, 1.54) is 24.5 Å². The van der Waals surface area contributed by atoms with Crippen molar-refractivity contribution < 1.29 is 27.9 Å². The molecule has 0 saturated carbocycles. The molecular formula is C10H9F3N2O3. The molecule has 0 fully saturated rings. The van der Waals surface area contributed by atoms with Gasteiger partial charge in [-0.05, 0) is 11.6 Å². The molecule has 2 N–H and O–H groups in total. The quantitative estimate of drug-likeness (QED) is 0.856. The molecule has 18 heavy (non-hydrogen) atoms. The molecule has 1 aromatic heterocycles. The fourth-order valence-electron chi connectivity index (χ4n) is 1.25. The fraction of sp³-hybridized carbons (Fsp3) is 0.300. The first-order valence-corrected chi connectivity index (χ1v) is 4.80. The number of alkyl halides is 3. The Hall–Kier alpha value is -2.12. The Kier molecular flexibility index (Phi) is 4.24. The Morgan fingerprint density at radius 1 is 1.44 bits per heavy atom. The minimum Gasteiger partial charge on any atom is -0.481 e. The summed E-state index contributed by atoms with van der Waals surface area (Å²) in [5.41, 5.74) is 0.192. The topological polar surface area (TPSA) is 79.3 Å². The van der Waals surface area contributed by atoms with Gasteiger partial charge in [0.05, 0.1) is 12.5 Å². The molecule has 0 spiro atoms. The number of aliphatic carboxylic acids is 1. The molecule has 1 rings (SSSR count). The van der Waals surface area contributed by atoms with Crippen molar-refractivity contribution in [3.63, 3.8) is 0 Å². The van der Waals surface area contributed by atoms with Crippen LogP contribution in [0, 0.1) is 0 Å². The molecule has 1 aromatic rings. The van der Waals surface area contributed by atoms with Crippen LogP contribution in [0.15, 0.2) is 24.5 Å². The summed E-state index contributed by atoms with van der Waals surface area (Å²) in [5.74, 6) is -3.51. The summed E-state index contributed by atoms with van der Waals surface area (Å²) in [6.45, 7) is 0. The van der Waals surface area contributed by atoms with Crippen LogP contribution < -0.4 is 5.32 Å². The van der Waals surface area contributed by atoms with E-state index in [-0.39, 0.29) is 5.56 Å². The van der Waals surface area contributed by atoms with Gasteiger partial charge in [-0.2, -0.15) is 13.2 Å². The summed E-state index contributed by atoms with van der Waals surface area (Å²) in [4.78, 5) is 25.0. The zero-order chi connectivity index (χ0) is 13.8. The maximum atomic E-state index is 12.1. The molecule has 8 heteroatoms. The molecule has 0 bridgehead atoms. The number of nitrogens with one attached hydrogen (secondary N) is 1. The molecule has 0 aromatic carbocycles. The highest BCUT2D eigenvalue weighted by Gasteiger charge is 2.40. The van der Waals surface area contributed by atoms with E-state index >= 15 is 0 Å². The van der Waals surface area contributed by atoms with Crippen molar-refractivity contribution in [1.29, 1.82) is 0 Å². The molecule has 0 unspecified atom stereocenters. The van der Waals surface area contributed by atoms with Crippen LogP contribution in [0.25, 0.3) is 0 Å². The van der Waals surface area contributed by atoms with Crippen LogP contribution in [-0.4, -0.2) is 28.1 Å². The summed E-state index contributed by atoms with van der Waals surface area (Å²) in [6, 6.07) is 1.55. The minimum atomic E-state index is -5.06. The highest BCUT2D eigenvalue weighted by molar-refractivity contribution is 5.82. The van der Waals surface area contributed by atoms with E-state index in [2.05, 4.69) is 4.98 Å². The van der Waals surface area contributed by atoms with Gasteiger partial charge in [-0.15, -0.1) is 0 Å². The van der Waals surface area contributed by atoms with Gasteiger partial charge >= 0.3 is 18.1 Å². The predicted octanol–water partition coefficient (Wildman–Crippen LogP) is 1.28. The van der Waals surface area contributed by atoms with E-state index in [0.717, 1.165) is 0 Å². The van der Waals surface area contributed by atoms with Crippen molar-refractivity contribution in [3.05, 3.63) is 30.1 Å². The normalized spacial score (nSPS) is 12.8. The van der Waals surface area contributed by atoms with Crippen LogP contribution in [0.4, 0.5) is 13.2 Å². The number of hydrogen-bond donors (Lipinski definition) is 2. The van der Waals surface area contributed by atoms with Crippen LogP contribution in [0.2, 0.25) is 0 Å². The maximum Gasteiger partial charge on any atom is 0.471 e. The highest BCUT2D eigenvalue weighted by Crippen LogP contribution is 2.20. The number of aromatic nitrogens is 1. The zero-order valence-electron chi connectivity index (χ0n) is 8.94. The molecule has 1 amide bonds. The first-order valence-electron chi connectivity index (χ1n) is 4.80. The summed E-state index contributed by atoms with van der Waals surface area (Å²) in [5, 5.41) is 10.2. The molecule has 0 aliphatic heterocycles. The molecule has 98 valence electrons. The second-order valence-electron chi connectivity index (χ2n) is 3.41. The minimum absolute atomic E-state index is 0.192. The SMILES string of the molecule is O=C(O)C[C@H](NC(=O)C(F)(F)F)c1cccnc1. The van der Waals surface area contributed by atoms with Gasteiger partial charge in [-0.25, -0.2) is 0 Å². The number of rotatable bonds is 4. The Bertz CT molecular complexity index is 434. The van der Waals surface area contributed by atoms with E-state index in [0.29, 0.717) is 0 Å². The molecule has 1 atom stereocenters. The molecular weight excluding hydrogens is 253 g/mol. The number of pyridine rings is 1. The van der Waals surface area contributed by atoms with Gasteiger partial charge < -0.3 is 10.4 Å². The van der Waals surface area contributed by atoms with E-state index in [4.69, 9.17) is 5.11 Å². The lowest BCUT2D eigenvalue weighted by atomic mass is 10.1. The van der Waals surface area contributed by atoms with Gasteiger partial charge in [-0.1, -0.05) is 6.07 Å². The average molecular weight is 262 g/mol. The summed E-state index contributed by atoms with van der Waals surface area (Å²) in [6.07, 6.45) is -3.14. The Morgan fingerprint density at radius 3 is 2.56 bits per heavy atom. The monoisotopic (exact) mass is 262 g/mol. The number of amides is 1. The summed E-state index contributed by atoms with van der Waals surface area (Å²) in [7, 11) is 0. The largest absolute Gasteiger partial charge is 0.481 e. The van der Waals surface area contributed by atoms with Crippen molar-refractivity contribution in [2.75, 3.05) is 0 Å². The van der Waals surface area contributed by atoms with E-state index in [1.54, 1.807) is 5.32 Å². The number of carbonyl (C=O) groups is 2. The fourth-order valence-corrected chi connectivity index (χ4v) is 1.25. The van der Waals surface area contributed by atoms with Crippen molar-refractivity contribution >= 4 is 11.9 Å². The third-order valence-electron chi connectivity index (χ3n) is 2.03.